The highest BCUT2D eigenvalue weighted by molar-refractivity contribution is 5.92. The van der Waals surface area contributed by atoms with Crippen LogP contribution in [0.25, 0.3) is 10.9 Å². The molecular formula is C30H30N4O7. The maximum Gasteiger partial charge on any atom is 0.329 e. The van der Waals surface area contributed by atoms with Crippen LogP contribution in [-0.4, -0.2) is 55.7 Å². The number of aromatic amines is 1. The number of rotatable bonds is 11. The highest BCUT2D eigenvalue weighted by atomic mass is 16.4. The molecule has 0 saturated carbocycles. The molecule has 4 rings (SSSR count). The quantitative estimate of drug-likeness (QED) is 0.184. The first-order chi connectivity index (χ1) is 19.7. The minimum absolute atomic E-state index is 0.0222. The molecule has 0 fully saturated rings. The van der Waals surface area contributed by atoms with Crippen molar-refractivity contribution < 1.29 is 24.6 Å². The number of aromatic nitrogens is 2. The number of carbonyl (C=O) groups excluding carboxylic acids is 2. The number of aliphatic hydroxyl groups is 1. The van der Waals surface area contributed by atoms with Crippen molar-refractivity contribution in [2.75, 3.05) is 0 Å². The van der Waals surface area contributed by atoms with Crippen LogP contribution in [0, 0.1) is 0 Å². The number of aliphatic carboxylic acids is 1. The Labute approximate surface area is 234 Å². The van der Waals surface area contributed by atoms with Gasteiger partial charge in [0.1, 0.15) is 12.1 Å². The highest BCUT2D eigenvalue weighted by Crippen LogP contribution is 2.15. The predicted molar refractivity (Wildman–Crippen MR) is 151 cm³/mol. The Morgan fingerprint density at radius 2 is 1.37 bits per heavy atom. The minimum atomic E-state index is -1.62. The van der Waals surface area contributed by atoms with E-state index in [9.17, 15) is 34.2 Å². The van der Waals surface area contributed by atoms with Gasteiger partial charge >= 0.3 is 11.7 Å². The molecule has 11 nitrogen and oxygen atoms in total. The van der Waals surface area contributed by atoms with E-state index in [1.54, 1.807) is 78.9 Å². The van der Waals surface area contributed by atoms with Gasteiger partial charge in [-0.2, -0.15) is 0 Å². The predicted octanol–water partition coefficient (Wildman–Crippen LogP) is 1.15. The van der Waals surface area contributed by atoms with E-state index in [-0.39, 0.29) is 18.2 Å². The van der Waals surface area contributed by atoms with Gasteiger partial charge in [-0.15, -0.1) is 0 Å². The van der Waals surface area contributed by atoms with E-state index in [1.165, 1.54) is 13.0 Å². The highest BCUT2D eigenvalue weighted by Gasteiger charge is 2.32. The molecule has 0 unspecified atom stereocenters. The number of fused-ring (bicyclic) bond motifs is 1. The molecule has 1 heterocycles. The summed E-state index contributed by atoms with van der Waals surface area (Å²) in [4.78, 5) is 68.1. The molecule has 0 aliphatic rings. The van der Waals surface area contributed by atoms with Crippen LogP contribution < -0.4 is 21.9 Å². The van der Waals surface area contributed by atoms with Crippen molar-refractivity contribution in [2.45, 2.75) is 44.0 Å². The van der Waals surface area contributed by atoms with E-state index < -0.39 is 53.3 Å². The number of carbonyl (C=O) groups is 3. The number of carboxylic acids is 1. The topological polar surface area (TPSA) is 171 Å². The van der Waals surface area contributed by atoms with Crippen LogP contribution in [-0.2, 0) is 27.2 Å². The average Bonchev–Trinajstić information content (AvgIpc) is 2.95. The molecule has 0 spiro atoms. The molecule has 3 aromatic carbocycles. The molecule has 0 bridgehead atoms. The number of nitrogens with zero attached hydrogens (tertiary/aromatic N) is 1. The Hall–Kier alpha value is -5.03. The zero-order chi connectivity index (χ0) is 29.5. The maximum atomic E-state index is 13.9. The summed E-state index contributed by atoms with van der Waals surface area (Å²) in [6, 6.07) is 19.7. The van der Waals surface area contributed by atoms with E-state index in [1.807, 2.05) is 0 Å². The number of para-hydroxylation sites is 1. The fourth-order valence-corrected chi connectivity index (χ4v) is 4.57. The first-order valence-corrected chi connectivity index (χ1v) is 13.0. The lowest BCUT2D eigenvalue weighted by Gasteiger charge is -2.25. The van der Waals surface area contributed by atoms with Gasteiger partial charge in [0, 0.05) is 12.8 Å². The molecule has 5 N–H and O–H groups in total. The standard InChI is InChI=1S/C30H30N4O7/c1-18(35)25(29(39)40)33-26(36)23(16-19-10-4-2-5-11-19)31-27(37)24(17-20-12-6-3-7-13-20)34-28(38)21-14-8-9-15-22(21)32-30(34)41/h2-15,18,23-25,35H,16-17H2,1H3,(H,31,37)(H,32,41)(H,33,36)(H,39,40)/t18-,23+,24+,25+/m1/s1. The van der Waals surface area contributed by atoms with E-state index in [4.69, 9.17) is 0 Å². The summed E-state index contributed by atoms with van der Waals surface area (Å²) in [7, 11) is 0. The Morgan fingerprint density at radius 3 is 1.95 bits per heavy atom. The maximum absolute atomic E-state index is 13.9. The second-order valence-corrected chi connectivity index (χ2v) is 9.67. The van der Waals surface area contributed by atoms with Crippen LogP contribution >= 0.6 is 0 Å². The lowest BCUT2D eigenvalue weighted by atomic mass is 10.0. The van der Waals surface area contributed by atoms with Crippen LogP contribution in [0.5, 0.6) is 0 Å². The second-order valence-electron chi connectivity index (χ2n) is 9.67. The second kappa shape index (κ2) is 12.9. The summed E-state index contributed by atoms with van der Waals surface area (Å²) >= 11 is 0. The van der Waals surface area contributed by atoms with Gasteiger partial charge in [-0.3, -0.25) is 14.4 Å². The van der Waals surface area contributed by atoms with Gasteiger partial charge in [0.25, 0.3) is 5.56 Å². The first-order valence-electron chi connectivity index (χ1n) is 13.0. The van der Waals surface area contributed by atoms with Crippen molar-refractivity contribution >= 4 is 28.7 Å². The molecule has 41 heavy (non-hydrogen) atoms. The largest absolute Gasteiger partial charge is 0.480 e. The van der Waals surface area contributed by atoms with Gasteiger partial charge < -0.3 is 25.8 Å². The van der Waals surface area contributed by atoms with Crippen molar-refractivity contribution in [1.82, 2.24) is 20.2 Å². The van der Waals surface area contributed by atoms with Crippen LogP contribution in [0.1, 0.15) is 24.1 Å². The van der Waals surface area contributed by atoms with E-state index in [2.05, 4.69) is 15.6 Å². The van der Waals surface area contributed by atoms with Crippen molar-refractivity contribution in [3.63, 3.8) is 0 Å². The van der Waals surface area contributed by atoms with Gasteiger partial charge in [0.05, 0.1) is 17.0 Å². The van der Waals surface area contributed by atoms with Gasteiger partial charge in [0.2, 0.25) is 11.8 Å². The number of aliphatic hydroxyl groups excluding tert-OH is 1. The van der Waals surface area contributed by atoms with Crippen molar-refractivity contribution in [2.24, 2.45) is 0 Å². The fourth-order valence-electron chi connectivity index (χ4n) is 4.57. The number of hydrogen-bond acceptors (Lipinski definition) is 6. The minimum Gasteiger partial charge on any atom is -0.480 e. The van der Waals surface area contributed by atoms with Crippen molar-refractivity contribution in [3.05, 3.63) is 117 Å². The number of amides is 2. The van der Waals surface area contributed by atoms with Crippen molar-refractivity contribution in [1.29, 1.82) is 0 Å². The molecule has 4 aromatic rings. The number of benzene rings is 3. The number of H-pyrrole nitrogens is 1. The van der Waals surface area contributed by atoms with E-state index in [0.29, 0.717) is 16.6 Å². The third kappa shape index (κ3) is 6.95. The molecular weight excluding hydrogens is 528 g/mol. The average molecular weight is 559 g/mol. The molecule has 0 aliphatic heterocycles. The summed E-state index contributed by atoms with van der Waals surface area (Å²) in [5, 5.41) is 24.4. The number of nitrogens with one attached hydrogen (secondary N) is 3. The summed E-state index contributed by atoms with van der Waals surface area (Å²) in [5.41, 5.74) is 0.170. The Bertz CT molecular complexity index is 1650. The summed E-state index contributed by atoms with van der Waals surface area (Å²) in [5.74, 6) is -3.10. The van der Waals surface area contributed by atoms with Crippen LogP contribution in [0.15, 0.2) is 94.5 Å². The van der Waals surface area contributed by atoms with E-state index >= 15 is 0 Å². The zero-order valence-electron chi connectivity index (χ0n) is 22.2. The fraction of sp³-hybridized carbons (Fsp3) is 0.233. The molecule has 2 amide bonds. The molecule has 0 radical (unpaired) electrons. The number of hydrogen-bond donors (Lipinski definition) is 5. The molecule has 4 atom stereocenters. The van der Waals surface area contributed by atoms with Crippen LogP contribution in [0.2, 0.25) is 0 Å². The Balaban J connectivity index is 1.74. The monoisotopic (exact) mass is 558 g/mol. The SMILES string of the molecule is C[C@@H](O)[C@H](NC(=O)[C@H](Cc1ccccc1)NC(=O)[C@H](Cc1ccccc1)n1c(=O)[nH]c2ccccc2c1=O)C(=O)O. The van der Waals surface area contributed by atoms with Gasteiger partial charge in [-0.25, -0.2) is 14.2 Å². The Kier molecular flexibility index (Phi) is 9.10. The van der Waals surface area contributed by atoms with E-state index in [0.717, 1.165) is 4.57 Å². The lowest BCUT2D eigenvalue weighted by Crippen LogP contribution is -2.57. The first kappa shape index (κ1) is 29.0. The molecule has 0 saturated heterocycles. The molecule has 11 heteroatoms. The third-order valence-electron chi connectivity index (χ3n) is 6.68. The normalized spacial score (nSPS) is 14.0. The zero-order valence-corrected chi connectivity index (χ0v) is 22.2. The van der Waals surface area contributed by atoms with Gasteiger partial charge in [-0.05, 0) is 30.2 Å². The smallest absolute Gasteiger partial charge is 0.329 e. The third-order valence-corrected chi connectivity index (χ3v) is 6.68. The molecule has 0 aliphatic carbocycles. The van der Waals surface area contributed by atoms with Gasteiger partial charge in [-0.1, -0.05) is 72.8 Å². The summed E-state index contributed by atoms with van der Waals surface area (Å²) in [6.45, 7) is 1.22. The van der Waals surface area contributed by atoms with Crippen molar-refractivity contribution in [3.8, 4) is 0 Å². The molecule has 1 aromatic heterocycles. The summed E-state index contributed by atoms with van der Waals surface area (Å²) < 4.78 is 0.831. The molecule has 212 valence electrons. The van der Waals surface area contributed by atoms with Gasteiger partial charge in [0.15, 0.2) is 6.04 Å². The van der Waals surface area contributed by atoms with Crippen LogP contribution in [0.3, 0.4) is 0 Å². The summed E-state index contributed by atoms with van der Waals surface area (Å²) in [6.07, 6.45) is -1.48. The van der Waals surface area contributed by atoms with Crippen LogP contribution in [0.4, 0.5) is 0 Å². The lowest BCUT2D eigenvalue weighted by molar-refractivity contribution is -0.145. The Morgan fingerprint density at radius 1 is 0.805 bits per heavy atom. The number of carboxylic acid groups (broad SMARTS) is 1.